The molecule has 3 aromatic rings. The van der Waals surface area contributed by atoms with Crippen molar-refractivity contribution in [3.8, 4) is 5.88 Å². The number of thioether (sulfide) groups is 1. The van der Waals surface area contributed by atoms with Gasteiger partial charge in [-0.3, -0.25) is 18.7 Å². The van der Waals surface area contributed by atoms with Gasteiger partial charge >= 0.3 is 5.69 Å². The summed E-state index contributed by atoms with van der Waals surface area (Å²) in [6.45, 7) is 5.83. The minimum Gasteiger partial charge on any atom is -0.494 e. The smallest absolute Gasteiger partial charge is 0.333 e. The summed E-state index contributed by atoms with van der Waals surface area (Å²) in [5.41, 5.74) is 2.83. The fourth-order valence-corrected chi connectivity index (χ4v) is 4.13. The highest BCUT2D eigenvalue weighted by molar-refractivity contribution is 8.15. The van der Waals surface area contributed by atoms with E-state index < -0.39 is 17.1 Å². The van der Waals surface area contributed by atoms with E-state index >= 15 is 0 Å². The lowest BCUT2D eigenvalue weighted by atomic mass is 10.1. The number of benzene rings is 2. The Bertz CT molecular complexity index is 1330. The van der Waals surface area contributed by atoms with Crippen molar-refractivity contribution in [2.75, 3.05) is 11.1 Å². The van der Waals surface area contributed by atoms with Gasteiger partial charge in [-0.05, 0) is 56.2 Å². The first-order valence-corrected chi connectivity index (χ1v) is 11.2. The second-order valence-electron chi connectivity index (χ2n) is 7.87. The molecule has 0 spiro atoms. The predicted octanol–water partition coefficient (Wildman–Crippen LogP) is 3.17. The number of aromatic nitrogens is 2. The maximum atomic E-state index is 12.9. The molecule has 0 unspecified atom stereocenters. The molecule has 0 bridgehead atoms. The molecule has 0 saturated heterocycles. The quantitative estimate of drug-likeness (QED) is 0.444. The number of anilines is 1. The maximum absolute atomic E-state index is 12.9. The van der Waals surface area contributed by atoms with Gasteiger partial charge in [-0.25, -0.2) is 9.79 Å². The number of hydrogen-bond acceptors (Lipinski definition) is 6. The van der Waals surface area contributed by atoms with Crippen LogP contribution in [0, 0.1) is 20.8 Å². The van der Waals surface area contributed by atoms with Gasteiger partial charge in [-0.2, -0.15) is 0 Å². The second-order valence-corrected chi connectivity index (χ2v) is 8.83. The largest absolute Gasteiger partial charge is 0.494 e. The highest BCUT2D eigenvalue weighted by Crippen LogP contribution is 2.24. The Balaban J connectivity index is 1.97. The van der Waals surface area contributed by atoms with E-state index in [0.717, 1.165) is 37.6 Å². The zero-order chi connectivity index (χ0) is 24.3. The number of rotatable bonds is 5. The predicted molar refractivity (Wildman–Crippen MR) is 133 cm³/mol. The lowest BCUT2D eigenvalue weighted by Gasteiger charge is -2.13. The van der Waals surface area contributed by atoms with E-state index in [0.29, 0.717) is 11.4 Å². The molecule has 1 amide bonds. The Morgan fingerprint density at radius 2 is 1.58 bits per heavy atom. The molecule has 33 heavy (non-hydrogen) atoms. The molecule has 0 aliphatic carbocycles. The van der Waals surface area contributed by atoms with Crippen LogP contribution in [-0.4, -0.2) is 30.9 Å². The average molecular weight is 467 g/mol. The van der Waals surface area contributed by atoms with E-state index in [9.17, 15) is 19.5 Å². The number of aliphatic imine (C=N–C) groups is 1. The Morgan fingerprint density at radius 3 is 2.18 bits per heavy atom. The fourth-order valence-electron chi connectivity index (χ4n) is 3.30. The number of aromatic hydroxyl groups is 1. The lowest BCUT2D eigenvalue weighted by Crippen LogP contribution is -2.39. The van der Waals surface area contributed by atoms with Crippen LogP contribution in [0.1, 0.15) is 22.3 Å². The molecule has 1 heterocycles. The molecule has 0 aliphatic rings. The number of hydrogen-bond donors (Lipinski definition) is 2. The standard InChI is InChI=1S/C24H26N4O4S/c1-14-6-8-17(9-7-14)26-21(20-22(30)27(4)24(32)28(5)23(20)31)33-13-19(29)25-18-11-15(2)10-16(3)12-18/h6-12,30H,13H2,1-5H3,(H,25,29). The SMILES string of the molecule is Cc1ccc(N=C(SCC(=O)Nc2cc(C)cc(C)c2)c2c(O)n(C)c(=O)n(C)c2=O)cc1. The summed E-state index contributed by atoms with van der Waals surface area (Å²) in [5.74, 6) is -0.845. The maximum Gasteiger partial charge on any atom is 0.333 e. The summed E-state index contributed by atoms with van der Waals surface area (Å²) in [6, 6.07) is 13.0. The lowest BCUT2D eigenvalue weighted by molar-refractivity contribution is -0.113. The van der Waals surface area contributed by atoms with Gasteiger partial charge in [-0.1, -0.05) is 35.5 Å². The molecule has 2 N–H and O–H groups in total. The van der Waals surface area contributed by atoms with Gasteiger partial charge in [-0.15, -0.1) is 0 Å². The first-order valence-electron chi connectivity index (χ1n) is 10.2. The van der Waals surface area contributed by atoms with Crippen LogP contribution in [0.4, 0.5) is 11.4 Å². The summed E-state index contributed by atoms with van der Waals surface area (Å²) in [5, 5.41) is 13.6. The minimum atomic E-state index is -0.691. The monoisotopic (exact) mass is 466 g/mol. The summed E-state index contributed by atoms with van der Waals surface area (Å²) in [4.78, 5) is 42.2. The topological polar surface area (TPSA) is 106 Å². The van der Waals surface area contributed by atoms with Gasteiger partial charge < -0.3 is 10.4 Å². The van der Waals surface area contributed by atoms with E-state index in [1.807, 2.05) is 51.1 Å². The molecule has 0 saturated carbocycles. The van der Waals surface area contributed by atoms with Crippen molar-refractivity contribution in [2.24, 2.45) is 19.1 Å². The molecule has 9 heteroatoms. The normalized spacial score (nSPS) is 11.5. The summed E-state index contributed by atoms with van der Waals surface area (Å²) < 4.78 is 1.87. The van der Waals surface area contributed by atoms with Crippen LogP contribution in [0.2, 0.25) is 0 Å². The Morgan fingerprint density at radius 1 is 0.970 bits per heavy atom. The molecule has 172 valence electrons. The second kappa shape index (κ2) is 9.91. The number of aryl methyl sites for hydroxylation is 3. The molecule has 2 aromatic carbocycles. The number of carbonyl (C=O) groups is 1. The van der Waals surface area contributed by atoms with E-state index in [4.69, 9.17) is 0 Å². The van der Waals surface area contributed by atoms with E-state index in [2.05, 4.69) is 10.3 Å². The van der Waals surface area contributed by atoms with Gasteiger partial charge in [0.1, 0.15) is 10.6 Å². The van der Waals surface area contributed by atoms with Crippen LogP contribution in [-0.2, 0) is 18.9 Å². The molecule has 8 nitrogen and oxygen atoms in total. The van der Waals surface area contributed by atoms with E-state index in [1.54, 1.807) is 12.1 Å². The third kappa shape index (κ3) is 5.61. The summed E-state index contributed by atoms with van der Waals surface area (Å²) in [7, 11) is 2.69. The van der Waals surface area contributed by atoms with Gasteiger partial charge in [0.15, 0.2) is 0 Å². The van der Waals surface area contributed by atoms with Crippen molar-refractivity contribution in [1.82, 2.24) is 9.13 Å². The summed E-state index contributed by atoms with van der Waals surface area (Å²) in [6.07, 6.45) is 0. The first kappa shape index (κ1) is 24.1. The zero-order valence-corrected chi connectivity index (χ0v) is 20.0. The molecular formula is C24H26N4O4S. The zero-order valence-electron chi connectivity index (χ0n) is 19.2. The molecular weight excluding hydrogens is 440 g/mol. The van der Waals surface area contributed by atoms with Gasteiger partial charge in [0.25, 0.3) is 5.56 Å². The summed E-state index contributed by atoms with van der Waals surface area (Å²) >= 11 is 1.01. The fraction of sp³-hybridized carbons (Fsp3) is 0.250. The van der Waals surface area contributed by atoms with Gasteiger partial charge in [0.2, 0.25) is 11.8 Å². The molecule has 0 fully saturated rings. The number of amides is 1. The van der Waals surface area contributed by atoms with Crippen LogP contribution in [0.25, 0.3) is 0 Å². The van der Waals surface area contributed by atoms with Crippen LogP contribution in [0.3, 0.4) is 0 Å². The minimum absolute atomic E-state index is 0.0525. The molecule has 1 aromatic heterocycles. The molecule has 0 aliphatic heterocycles. The average Bonchev–Trinajstić information content (AvgIpc) is 2.75. The van der Waals surface area contributed by atoms with Crippen molar-refractivity contribution >= 4 is 34.1 Å². The van der Waals surface area contributed by atoms with Gasteiger partial charge in [0, 0.05) is 19.8 Å². The molecule has 3 rings (SSSR count). The van der Waals surface area contributed by atoms with Crippen molar-refractivity contribution in [2.45, 2.75) is 20.8 Å². The van der Waals surface area contributed by atoms with Crippen LogP contribution < -0.4 is 16.6 Å². The first-order chi connectivity index (χ1) is 15.6. The van der Waals surface area contributed by atoms with Crippen LogP contribution in [0.5, 0.6) is 5.88 Å². The highest BCUT2D eigenvalue weighted by Gasteiger charge is 2.22. The van der Waals surface area contributed by atoms with Crippen molar-refractivity contribution in [3.05, 3.63) is 85.6 Å². The van der Waals surface area contributed by atoms with Crippen molar-refractivity contribution in [3.63, 3.8) is 0 Å². The Kier molecular flexibility index (Phi) is 7.23. The highest BCUT2D eigenvalue weighted by atomic mass is 32.2. The third-order valence-electron chi connectivity index (χ3n) is 4.96. The van der Waals surface area contributed by atoms with Crippen LogP contribution >= 0.6 is 11.8 Å². The molecule has 0 radical (unpaired) electrons. The Hall–Kier alpha value is -3.59. The Labute approximate surface area is 195 Å². The van der Waals surface area contributed by atoms with Gasteiger partial charge in [0.05, 0.1) is 11.4 Å². The number of nitrogens with one attached hydrogen (secondary N) is 1. The number of nitrogens with zero attached hydrogens (tertiary/aromatic N) is 3. The third-order valence-corrected chi connectivity index (χ3v) is 5.93. The van der Waals surface area contributed by atoms with E-state index in [-0.39, 0.29) is 22.3 Å². The van der Waals surface area contributed by atoms with Crippen molar-refractivity contribution in [1.29, 1.82) is 0 Å². The van der Waals surface area contributed by atoms with Crippen molar-refractivity contribution < 1.29 is 9.90 Å². The van der Waals surface area contributed by atoms with Crippen LogP contribution in [0.15, 0.2) is 57.0 Å². The van der Waals surface area contributed by atoms with E-state index in [1.165, 1.54) is 14.1 Å². The molecule has 0 atom stereocenters. The number of carbonyl (C=O) groups excluding carboxylic acids is 1.